The number of anilines is 1. The molecule has 21 heavy (non-hydrogen) atoms. The maximum absolute atomic E-state index is 4.38. The van der Waals surface area contributed by atoms with Crippen LogP contribution in [0.5, 0.6) is 0 Å². The SMILES string of the molecule is Brc1ccc2[nH]c3c(c2c1)CCCC3Nc1ccccn1. The molecule has 0 fully saturated rings. The van der Waals surface area contributed by atoms with E-state index < -0.39 is 0 Å². The van der Waals surface area contributed by atoms with Crippen LogP contribution in [0.4, 0.5) is 5.82 Å². The topological polar surface area (TPSA) is 40.7 Å². The lowest BCUT2D eigenvalue weighted by molar-refractivity contribution is 0.591. The van der Waals surface area contributed by atoms with Crippen molar-refractivity contribution in [1.29, 1.82) is 0 Å². The molecule has 0 amide bonds. The second kappa shape index (κ2) is 5.19. The highest BCUT2D eigenvalue weighted by atomic mass is 79.9. The third-order valence-corrected chi connectivity index (χ3v) is 4.65. The van der Waals surface area contributed by atoms with Gasteiger partial charge in [0, 0.05) is 27.3 Å². The Morgan fingerprint density at radius 1 is 1.24 bits per heavy atom. The van der Waals surface area contributed by atoms with Gasteiger partial charge in [-0.15, -0.1) is 0 Å². The smallest absolute Gasteiger partial charge is 0.126 e. The van der Waals surface area contributed by atoms with Crippen LogP contribution in [0, 0.1) is 0 Å². The van der Waals surface area contributed by atoms with Crippen molar-refractivity contribution < 1.29 is 0 Å². The van der Waals surface area contributed by atoms with E-state index in [0.29, 0.717) is 6.04 Å². The van der Waals surface area contributed by atoms with E-state index >= 15 is 0 Å². The van der Waals surface area contributed by atoms with Crippen molar-refractivity contribution in [3.63, 3.8) is 0 Å². The van der Waals surface area contributed by atoms with Gasteiger partial charge >= 0.3 is 0 Å². The molecule has 4 heteroatoms. The molecule has 3 nitrogen and oxygen atoms in total. The number of benzene rings is 1. The van der Waals surface area contributed by atoms with Gasteiger partial charge in [-0.25, -0.2) is 4.98 Å². The first-order chi connectivity index (χ1) is 10.3. The van der Waals surface area contributed by atoms with E-state index in [2.05, 4.69) is 49.4 Å². The van der Waals surface area contributed by atoms with E-state index in [4.69, 9.17) is 0 Å². The summed E-state index contributed by atoms with van der Waals surface area (Å²) in [7, 11) is 0. The molecule has 0 spiro atoms. The van der Waals surface area contributed by atoms with Crippen LogP contribution >= 0.6 is 15.9 Å². The Morgan fingerprint density at radius 3 is 3.05 bits per heavy atom. The highest BCUT2D eigenvalue weighted by Crippen LogP contribution is 2.37. The molecule has 2 aromatic heterocycles. The van der Waals surface area contributed by atoms with E-state index in [1.165, 1.54) is 28.6 Å². The maximum Gasteiger partial charge on any atom is 0.126 e. The Bertz CT molecular complexity index is 779. The Hall–Kier alpha value is -1.81. The predicted molar refractivity (Wildman–Crippen MR) is 89.5 cm³/mol. The summed E-state index contributed by atoms with van der Waals surface area (Å²) in [4.78, 5) is 7.98. The molecule has 0 bridgehead atoms. The molecular weight excluding hydrogens is 326 g/mol. The fourth-order valence-corrected chi connectivity index (χ4v) is 3.57. The van der Waals surface area contributed by atoms with Crippen molar-refractivity contribution in [2.45, 2.75) is 25.3 Å². The number of hydrogen-bond acceptors (Lipinski definition) is 2. The number of nitrogens with one attached hydrogen (secondary N) is 2. The minimum absolute atomic E-state index is 0.315. The molecule has 0 saturated carbocycles. The molecule has 106 valence electrons. The first-order valence-electron chi connectivity index (χ1n) is 7.29. The van der Waals surface area contributed by atoms with Crippen molar-refractivity contribution in [2.75, 3.05) is 5.32 Å². The average molecular weight is 342 g/mol. The van der Waals surface area contributed by atoms with Gasteiger partial charge in [-0.2, -0.15) is 0 Å². The number of aromatic amines is 1. The van der Waals surface area contributed by atoms with Crippen molar-refractivity contribution in [1.82, 2.24) is 9.97 Å². The van der Waals surface area contributed by atoms with Crippen LogP contribution in [-0.2, 0) is 6.42 Å². The summed E-state index contributed by atoms with van der Waals surface area (Å²) in [5.74, 6) is 0.940. The highest BCUT2D eigenvalue weighted by Gasteiger charge is 2.24. The molecule has 0 aliphatic heterocycles. The van der Waals surface area contributed by atoms with Crippen molar-refractivity contribution in [3.8, 4) is 0 Å². The molecule has 2 N–H and O–H groups in total. The van der Waals surface area contributed by atoms with Crippen LogP contribution < -0.4 is 5.32 Å². The molecule has 4 rings (SSSR count). The van der Waals surface area contributed by atoms with Gasteiger partial charge in [0.05, 0.1) is 6.04 Å². The largest absolute Gasteiger partial charge is 0.362 e. The summed E-state index contributed by atoms with van der Waals surface area (Å²) in [5, 5.41) is 4.90. The number of fused-ring (bicyclic) bond motifs is 3. The number of nitrogens with zero attached hydrogens (tertiary/aromatic N) is 1. The van der Waals surface area contributed by atoms with Crippen LogP contribution in [0.2, 0.25) is 0 Å². The van der Waals surface area contributed by atoms with Crippen LogP contribution in [0.25, 0.3) is 10.9 Å². The summed E-state index contributed by atoms with van der Waals surface area (Å²) in [6.45, 7) is 0. The fourth-order valence-electron chi connectivity index (χ4n) is 3.21. The summed E-state index contributed by atoms with van der Waals surface area (Å²) in [6, 6.07) is 12.7. The Kier molecular flexibility index (Phi) is 3.19. The van der Waals surface area contributed by atoms with Gasteiger partial charge < -0.3 is 10.3 Å². The molecule has 3 aromatic rings. The third kappa shape index (κ3) is 2.33. The molecule has 1 aliphatic carbocycles. The van der Waals surface area contributed by atoms with Gasteiger partial charge in [-0.05, 0) is 55.2 Å². The van der Waals surface area contributed by atoms with Crippen molar-refractivity contribution >= 4 is 32.7 Å². The molecular formula is C17H16BrN3. The van der Waals surface area contributed by atoms with Crippen LogP contribution in [-0.4, -0.2) is 9.97 Å². The van der Waals surface area contributed by atoms with E-state index in [1.54, 1.807) is 0 Å². The summed E-state index contributed by atoms with van der Waals surface area (Å²) in [6.07, 6.45) is 5.31. The minimum Gasteiger partial charge on any atom is -0.362 e. The summed E-state index contributed by atoms with van der Waals surface area (Å²) < 4.78 is 1.14. The monoisotopic (exact) mass is 341 g/mol. The Morgan fingerprint density at radius 2 is 2.19 bits per heavy atom. The van der Waals surface area contributed by atoms with Crippen LogP contribution in [0.1, 0.15) is 30.1 Å². The molecule has 1 aliphatic rings. The van der Waals surface area contributed by atoms with E-state index in [9.17, 15) is 0 Å². The first kappa shape index (κ1) is 12.9. The number of halogens is 1. The van der Waals surface area contributed by atoms with Gasteiger partial charge in [-0.1, -0.05) is 22.0 Å². The molecule has 1 unspecified atom stereocenters. The Labute approximate surface area is 131 Å². The lowest BCUT2D eigenvalue weighted by Gasteiger charge is -2.24. The van der Waals surface area contributed by atoms with Crippen LogP contribution in [0.3, 0.4) is 0 Å². The summed E-state index contributed by atoms with van der Waals surface area (Å²) in [5.41, 5.74) is 3.99. The van der Waals surface area contributed by atoms with Gasteiger partial charge in [0.25, 0.3) is 0 Å². The van der Waals surface area contributed by atoms with E-state index in [-0.39, 0.29) is 0 Å². The maximum atomic E-state index is 4.38. The normalized spacial score (nSPS) is 17.7. The second-order valence-electron chi connectivity index (χ2n) is 5.51. The lowest BCUT2D eigenvalue weighted by Crippen LogP contribution is -2.17. The quantitative estimate of drug-likeness (QED) is 0.701. The molecule has 1 atom stereocenters. The third-order valence-electron chi connectivity index (χ3n) is 4.16. The molecule has 0 radical (unpaired) electrons. The van der Waals surface area contributed by atoms with E-state index in [1.807, 2.05) is 24.4 Å². The zero-order valence-electron chi connectivity index (χ0n) is 11.6. The number of hydrogen-bond donors (Lipinski definition) is 2. The molecule has 1 aromatic carbocycles. The van der Waals surface area contributed by atoms with E-state index in [0.717, 1.165) is 23.1 Å². The average Bonchev–Trinajstić information content (AvgIpc) is 2.88. The fraction of sp³-hybridized carbons (Fsp3) is 0.235. The Balaban J connectivity index is 1.76. The molecule has 0 saturated heterocycles. The highest BCUT2D eigenvalue weighted by molar-refractivity contribution is 9.10. The second-order valence-corrected chi connectivity index (χ2v) is 6.43. The first-order valence-corrected chi connectivity index (χ1v) is 8.08. The minimum atomic E-state index is 0.315. The zero-order chi connectivity index (χ0) is 14.2. The zero-order valence-corrected chi connectivity index (χ0v) is 13.2. The number of rotatable bonds is 2. The van der Waals surface area contributed by atoms with Gasteiger partial charge in [0.1, 0.15) is 5.82 Å². The van der Waals surface area contributed by atoms with Crippen molar-refractivity contribution in [2.24, 2.45) is 0 Å². The standard InChI is InChI=1S/C17H16BrN3/c18-11-7-8-14-13(10-11)12-4-3-5-15(17(12)21-14)20-16-6-1-2-9-19-16/h1-2,6-10,15,21H,3-5H2,(H,19,20). The predicted octanol–water partition coefficient (Wildman–Crippen LogP) is 4.81. The molecule has 2 heterocycles. The number of H-pyrrole nitrogens is 1. The van der Waals surface area contributed by atoms with Gasteiger partial charge in [-0.3, -0.25) is 0 Å². The number of aromatic nitrogens is 2. The van der Waals surface area contributed by atoms with Crippen LogP contribution in [0.15, 0.2) is 47.1 Å². The lowest BCUT2D eigenvalue weighted by atomic mass is 9.91. The van der Waals surface area contributed by atoms with Gasteiger partial charge in [0.2, 0.25) is 0 Å². The van der Waals surface area contributed by atoms with Crippen molar-refractivity contribution in [3.05, 3.63) is 58.3 Å². The summed E-state index contributed by atoms with van der Waals surface area (Å²) >= 11 is 3.57. The number of pyridine rings is 1. The van der Waals surface area contributed by atoms with Gasteiger partial charge in [0.15, 0.2) is 0 Å². The number of aryl methyl sites for hydroxylation is 1.